The summed E-state index contributed by atoms with van der Waals surface area (Å²) >= 11 is 0. The van der Waals surface area contributed by atoms with Crippen LogP contribution in [0.2, 0.25) is 0 Å². The van der Waals surface area contributed by atoms with Crippen LogP contribution >= 0.6 is 0 Å². The first-order valence-electron chi connectivity index (χ1n) is 7.66. The molecule has 0 N–H and O–H groups in total. The molecule has 0 aromatic heterocycles. The zero-order valence-corrected chi connectivity index (χ0v) is 13.5. The molecule has 0 atom stereocenters. The van der Waals surface area contributed by atoms with Crippen LogP contribution in [0.3, 0.4) is 0 Å². The quantitative estimate of drug-likeness (QED) is 0.462. The molecule has 2 rings (SSSR count). The predicted octanol–water partition coefficient (Wildman–Crippen LogP) is 3.33. The average Bonchev–Trinajstić information content (AvgIpc) is 2.62. The first-order valence-corrected chi connectivity index (χ1v) is 7.66. The summed E-state index contributed by atoms with van der Waals surface area (Å²) < 4.78 is 10.4. The van der Waals surface area contributed by atoms with E-state index in [-0.39, 0.29) is 12.8 Å². The van der Waals surface area contributed by atoms with Crippen LogP contribution in [-0.2, 0) is 9.59 Å². The van der Waals surface area contributed by atoms with Gasteiger partial charge in [-0.15, -0.1) is 12.8 Å². The van der Waals surface area contributed by atoms with E-state index in [0.29, 0.717) is 29.0 Å². The van der Waals surface area contributed by atoms with Gasteiger partial charge in [-0.1, -0.05) is 36.1 Å². The molecule has 0 fully saturated rings. The van der Waals surface area contributed by atoms with Crippen molar-refractivity contribution in [2.24, 2.45) is 0 Å². The number of terminal acetylenes is 2. The zero-order chi connectivity index (χ0) is 18.1. The molecule has 0 aliphatic rings. The van der Waals surface area contributed by atoms with Gasteiger partial charge in [0.15, 0.2) is 0 Å². The lowest BCUT2D eigenvalue weighted by molar-refractivity contribution is -0.136. The molecule has 0 saturated heterocycles. The minimum Gasteiger partial charge on any atom is -0.425 e. The van der Waals surface area contributed by atoms with E-state index in [1.54, 1.807) is 48.5 Å². The van der Waals surface area contributed by atoms with Crippen LogP contribution in [-0.4, -0.2) is 11.9 Å². The number of hydrogen-bond donors (Lipinski definition) is 0. The first-order chi connectivity index (χ1) is 12.1. The van der Waals surface area contributed by atoms with E-state index in [1.807, 2.05) is 0 Å². The lowest BCUT2D eigenvalue weighted by Gasteiger charge is -2.07. The monoisotopic (exact) mass is 332 g/mol. The normalized spacial score (nSPS) is 9.52. The molecule has 0 heterocycles. The highest BCUT2D eigenvalue weighted by Crippen LogP contribution is 2.19. The van der Waals surface area contributed by atoms with Crippen LogP contribution in [0.25, 0.3) is 0 Å². The lowest BCUT2D eigenvalue weighted by Crippen LogP contribution is -2.12. The van der Waals surface area contributed by atoms with Crippen molar-refractivity contribution in [1.29, 1.82) is 0 Å². The van der Waals surface area contributed by atoms with Gasteiger partial charge in [-0.2, -0.15) is 0 Å². The van der Waals surface area contributed by atoms with Crippen molar-refractivity contribution in [3.8, 4) is 36.2 Å². The second-order valence-electron chi connectivity index (χ2n) is 5.08. The number of para-hydroxylation sites is 2. The Balaban J connectivity index is 1.80. The van der Waals surface area contributed by atoms with Gasteiger partial charge >= 0.3 is 11.9 Å². The van der Waals surface area contributed by atoms with E-state index in [4.69, 9.17) is 22.3 Å². The van der Waals surface area contributed by atoms with Crippen molar-refractivity contribution in [2.45, 2.75) is 19.3 Å². The van der Waals surface area contributed by atoms with Crippen LogP contribution in [0.5, 0.6) is 11.5 Å². The summed E-state index contributed by atoms with van der Waals surface area (Å²) in [5, 5.41) is 0. The van der Waals surface area contributed by atoms with Crippen molar-refractivity contribution in [2.75, 3.05) is 0 Å². The molecule has 0 bridgehead atoms. The zero-order valence-electron chi connectivity index (χ0n) is 13.5. The number of benzene rings is 2. The molecule has 0 spiro atoms. The Morgan fingerprint density at radius 1 is 0.760 bits per heavy atom. The maximum atomic E-state index is 11.9. The Bertz CT molecular complexity index is 781. The molecule has 4 heteroatoms. The highest BCUT2D eigenvalue weighted by atomic mass is 16.5. The second kappa shape index (κ2) is 8.96. The minimum atomic E-state index is -0.459. The SMILES string of the molecule is C#Cc1ccccc1OC(=O)CCCC(=O)Oc1ccccc1C#C. The van der Waals surface area contributed by atoms with Crippen molar-refractivity contribution < 1.29 is 19.1 Å². The Kier molecular flexibility index (Phi) is 6.39. The molecule has 2 aromatic rings. The summed E-state index contributed by atoms with van der Waals surface area (Å²) in [4.78, 5) is 23.7. The number of ether oxygens (including phenoxy) is 2. The van der Waals surface area contributed by atoms with Gasteiger partial charge in [0.1, 0.15) is 11.5 Å². The number of hydrogen-bond acceptors (Lipinski definition) is 4. The Morgan fingerprint density at radius 3 is 1.56 bits per heavy atom. The third-order valence-corrected chi connectivity index (χ3v) is 3.29. The molecular weight excluding hydrogens is 316 g/mol. The predicted molar refractivity (Wildman–Crippen MR) is 93.9 cm³/mol. The summed E-state index contributed by atoms with van der Waals surface area (Å²) in [6.07, 6.45) is 11.1. The lowest BCUT2D eigenvalue weighted by atomic mass is 10.2. The van der Waals surface area contributed by atoms with E-state index in [1.165, 1.54) is 0 Å². The number of carbonyl (C=O) groups excluding carboxylic acids is 2. The Hall–Kier alpha value is -3.50. The number of carbonyl (C=O) groups is 2. The van der Waals surface area contributed by atoms with Crippen LogP contribution in [0.4, 0.5) is 0 Å². The number of rotatable bonds is 6. The van der Waals surface area contributed by atoms with Gasteiger partial charge in [-0.05, 0) is 30.7 Å². The third kappa shape index (κ3) is 5.27. The van der Waals surface area contributed by atoms with Gasteiger partial charge < -0.3 is 9.47 Å². The average molecular weight is 332 g/mol. The Morgan fingerprint density at radius 2 is 1.16 bits per heavy atom. The topological polar surface area (TPSA) is 52.6 Å². The maximum Gasteiger partial charge on any atom is 0.311 e. The van der Waals surface area contributed by atoms with E-state index < -0.39 is 11.9 Å². The van der Waals surface area contributed by atoms with Gasteiger partial charge in [0.2, 0.25) is 0 Å². The van der Waals surface area contributed by atoms with Crippen molar-refractivity contribution >= 4 is 11.9 Å². The summed E-state index contributed by atoms with van der Waals surface area (Å²) in [6.45, 7) is 0. The second-order valence-corrected chi connectivity index (χ2v) is 5.08. The Labute approximate surface area is 146 Å². The van der Waals surface area contributed by atoms with Crippen LogP contribution in [0.15, 0.2) is 48.5 Å². The van der Waals surface area contributed by atoms with Crippen LogP contribution in [0, 0.1) is 24.7 Å². The van der Waals surface area contributed by atoms with Gasteiger partial charge in [0, 0.05) is 12.8 Å². The van der Waals surface area contributed by atoms with Crippen LogP contribution < -0.4 is 9.47 Å². The third-order valence-electron chi connectivity index (χ3n) is 3.29. The van der Waals surface area contributed by atoms with E-state index >= 15 is 0 Å². The number of esters is 2. The largest absolute Gasteiger partial charge is 0.425 e. The maximum absolute atomic E-state index is 11.9. The van der Waals surface area contributed by atoms with Gasteiger partial charge in [0.25, 0.3) is 0 Å². The van der Waals surface area contributed by atoms with Gasteiger partial charge in [0.05, 0.1) is 11.1 Å². The van der Waals surface area contributed by atoms with Gasteiger partial charge in [-0.25, -0.2) is 0 Å². The smallest absolute Gasteiger partial charge is 0.311 e. The standard InChI is InChI=1S/C21H16O4/c1-3-16-10-5-7-12-18(16)24-20(22)14-9-15-21(23)25-19-13-8-6-11-17(19)4-2/h1-2,5-8,10-13H,9,14-15H2. The molecule has 0 radical (unpaired) electrons. The van der Waals surface area contributed by atoms with E-state index in [2.05, 4.69) is 11.8 Å². The summed E-state index contributed by atoms with van der Waals surface area (Å²) in [5.41, 5.74) is 1.00. The molecular formula is C21H16O4. The van der Waals surface area contributed by atoms with E-state index in [9.17, 15) is 9.59 Å². The van der Waals surface area contributed by atoms with Gasteiger partial charge in [-0.3, -0.25) is 9.59 Å². The highest BCUT2D eigenvalue weighted by molar-refractivity contribution is 5.76. The molecule has 0 unspecified atom stereocenters. The molecule has 4 nitrogen and oxygen atoms in total. The molecule has 25 heavy (non-hydrogen) atoms. The fourth-order valence-electron chi connectivity index (χ4n) is 2.07. The summed E-state index contributed by atoms with van der Waals surface area (Å²) in [5.74, 6) is 4.64. The molecule has 0 amide bonds. The van der Waals surface area contributed by atoms with Crippen molar-refractivity contribution in [3.05, 3.63) is 59.7 Å². The molecule has 124 valence electrons. The molecule has 2 aromatic carbocycles. The molecule has 0 aliphatic carbocycles. The molecule has 0 aliphatic heterocycles. The highest BCUT2D eigenvalue weighted by Gasteiger charge is 2.11. The summed E-state index contributed by atoms with van der Waals surface area (Å²) in [7, 11) is 0. The fraction of sp³-hybridized carbons (Fsp3) is 0.143. The van der Waals surface area contributed by atoms with Crippen molar-refractivity contribution in [1.82, 2.24) is 0 Å². The van der Waals surface area contributed by atoms with Crippen molar-refractivity contribution in [3.63, 3.8) is 0 Å². The van der Waals surface area contributed by atoms with E-state index in [0.717, 1.165) is 0 Å². The molecule has 0 saturated carbocycles. The first kappa shape index (κ1) is 17.8. The van der Waals surface area contributed by atoms with Crippen LogP contribution in [0.1, 0.15) is 30.4 Å². The fourth-order valence-corrected chi connectivity index (χ4v) is 2.07. The minimum absolute atomic E-state index is 0.0742. The summed E-state index contributed by atoms with van der Waals surface area (Å²) in [6, 6.07) is 13.6.